The molecule has 2 rings (SSSR count). The van der Waals surface area contributed by atoms with Gasteiger partial charge in [0.2, 0.25) is 0 Å². The van der Waals surface area contributed by atoms with Gasteiger partial charge >= 0.3 is 5.97 Å². The molecule has 0 aromatic heterocycles. The van der Waals surface area contributed by atoms with E-state index in [2.05, 4.69) is 0 Å². The molecule has 8 nitrogen and oxygen atoms in total. The molecule has 0 aliphatic carbocycles. The lowest BCUT2D eigenvalue weighted by atomic mass is 9.92. The second-order valence-corrected chi connectivity index (χ2v) is 9.68. The zero-order valence-electron chi connectivity index (χ0n) is 19.1. The van der Waals surface area contributed by atoms with Crippen molar-refractivity contribution in [3.05, 3.63) is 23.3 Å². The van der Waals surface area contributed by atoms with Gasteiger partial charge in [-0.3, -0.25) is 14.5 Å². The zero-order chi connectivity index (χ0) is 23.5. The number of hydrogen-bond acceptors (Lipinski definition) is 6. The first-order chi connectivity index (χ1) is 14.4. The van der Waals surface area contributed by atoms with E-state index in [0.29, 0.717) is 38.0 Å². The maximum absolute atomic E-state index is 13.0. The van der Waals surface area contributed by atoms with E-state index in [-0.39, 0.29) is 34.8 Å². The Labute approximate surface area is 184 Å². The van der Waals surface area contributed by atoms with E-state index in [4.69, 9.17) is 0 Å². The maximum atomic E-state index is 13.0. The molecule has 1 aromatic rings. The molecule has 1 amide bonds. The molecule has 31 heavy (non-hydrogen) atoms. The summed E-state index contributed by atoms with van der Waals surface area (Å²) in [5.74, 6) is -1.38. The van der Waals surface area contributed by atoms with Gasteiger partial charge in [-0.15, -0.1) is 0 Å². The summed E-state index contributed by atoms with van der Waals surface area (Å²) in [5, 5.41) is 39.3. The number of carbonyl (C=O) groups is 2. The van der Waals surface area contributed by atoms with Crippen LogP contribution in [0.1, 0.15) is 69.3 Å². The van der Waals surface area contributed by atoms with Gasteiger partial charge in [0.15, 0.2) is 0 Å². The number of rotatable bonds is 7. The summed E-state index contributed by atoms with van der Waals surface area (Å²) in [6.07, 6.45) is 1.40. The fourth-order valence-electron chi connectivity index (χ4n) is 4.17. The average Bonchev–Trinajstić information content (AvgIpc) is 2.66. The molecule has 1 saturated heterocycles. The van der Waals surface area contributed by atoms with E-state index in [0.717, 1.165) is 0 Å². The largest absolute Gasteiger partial charge is 0.508 e. The third kappa shape index (κ3) is 5.89. The van der Waals surface area contributed by atoms with Crippen LogP contribution in [0.4, 0.5) is 0 Å². The predicted octanol–water partition coefficient (Wildman–Crippen LogP) is 2.62. The summed E-state index contributed by atoms with van der Waals surface area (Å²) >= 11 is 0. The van der Waals surface area contributed by atoms with Gasteiger partial charge in [0.1, 0.15) is 17.5 Å². The van der Waals surface area contributed by atoms with Crippen LogP contribution in [0.2, 0.25) is 0 Å². The Kier molecular flexibility index (Phi) is 7.94. The average molecular weight is 437 g/mol. The third-order valence-electron chi connectivity index (χ3n) is 6.05. The molecule has 1 aromatic carbocycles. The molecule has 0 radical (unpaired) electrons. The Hall–Kier alpha value is -2.32. The van der Waals surface area contributed by atoms with Crippen molar-refractivity contribution in [3.8, 4) is 11.5 Å². The van der Waals surface area contributed by atoms with Crippen molar-refractivity contribution in [2.75, 3.05) is 26.2 Å². The molecule has 1 unspecified atom stereocenters. The van der Waals surface area contributed by atoms with Gasteiger partial charge in [-0.05, 0) is 57.1 Å². The van der Waals surface area contributed by atoms with Crippen LogP contribution in [0, 0.1) is 5.92 Å². The molecule has 0 bridgehead atoms. The highest BCUT2D eigenvalue weighted by molar-refractivity contribution is 5.97. The maximum Gasteiger partial charge on any atom is 0.323 e. The molecule has 8 heteroatoms. The van der Waals surface area contributed by atoms with E-state index in [9.17, 15) is 30.0 Å². The minimum Gasteiger partial charge on any atom is -0.508 e. The van der Waals surface area contributed by atoms with Crippen LogP contribution in [0.25, 0.3) is 0 Å². The molecule has 1 aliphatic rings. The van der Waals surface area contributed by atoms with Crippen molar-refractivity contribution in [3.63, 3.8) is 0 Å². The van der Waals surface area contributed by atoms with Gasteiger partial charge in [0.05, 0.1) is 12.2 Å². The Balaban J connectivity index is 2.09. The Morgan fingerprint density at radius 3 is 2.16 bits per heavy atom. The minimum absolute atomic E-state index is 0.00923. The van der Waals surface area contributed by atoms with Crippen molar-refractivity contribution >= 4 is 11.9 Å². The number of hydrogen-bond donors (Lipinski definition) is 4. The van der Waals surface area contributed by atoms with Gasteiger partial charge < -0.3 is 25.3 Å². The summed E-state index contributed by atoms with van der Waals surface area (Å²) in [6.45, 7) is 10.7. The Morgan fingerprint density at radius 2 is 1.71 bits per heavy atom. The van der Waals surface area contributed by atoms with Crippen molar-refractivity contribution < 1.29 is 30.0 Å². The summed E-state index contributed by atoms with van der Waals surface area (Å²) < 4.78 is 0. The number of aromatic hydroxyl groups is 2. The molecule has 0 saturated carbocycles. The molecule has 1 fully saturated rings. The molecular formula is C23H36N2O6. The first-order valence-corrected chi connectivity index (χ1v) is 10.8. The predicted molar refractivity (Wildman–Crippen MR) is 117 cm³/mol. The highest BCUT2D eigenvalue weighted by Gasteiger charge is 2.36. The number of carboxylic acids is 1. The number of piperidine rings is 1. The molecule has 0 spiro atoms. The van der Waals surface area contributed by atoms with Gasteiger partial charge in [-0.1, -0.05) is 13.8 Å². The number of carbonyl (C=O) groups excluding carboxylic acids is 1. The molecular weight excluding hydrogens is 400 g/mol. The topological polar surface area (TPSA) is 122 Å². The number of benzene rings is 1. The van der Waals surface area contributed by atoms with E-state index in [1.165, 1.54) is 6.07 Å². The first kappa shape index (κ1) is 24.9. The van der Waals surface area contributed by atoms with Crippen LogP contribution in [0.3, 0.4) is 0 Å². The van der Waals surface area contributed by atoms with Crippen molar-refractivity contribution in [2.45, 2.75) is 65.0 Å². The summed E-state index contributed by atoms with van der Waals surface area (Å²) in [5.41, 5.74) is 0.368. The standard InChI is InChI=1S/C23H36N2O6/c1-14(2)16-10-17(20(28)11-19(16)27)21(29)24-8-6-15(7-9-24)12-25(23(3,4)5)18(13-26)22(30)31/h10-11,14-15,18,26-28H,6-9,12-13H2,1-5H3,(H,30,31). The number of amides is 1. The fraction of sp³-hybridized carbons (Fsp3) is 0.652. The number of phenols is 2. The normalized spacial score (nSPS) is 16.7. The van der Waals surface area contributed by atoms with Crippen LogP contribution in [-0.2, 0) is 4.79 Å². The molecule has 1 aliphatic heterocycles. The number of phenolic OH excluding ortho intramolecular Hbond substituents is 2. The number of aliphatic hydroxyl groups is 1. The number of nitrogens with zero attached hydrogens (tertiary/aromatic N) is 2. The monoisotopic (exact) mass is 436 g/mol. The zero-order valence-corrected chi connectivity index (χ0v) is 19.1. The van der Waals surface area contributed by atoms with Crippen molar-refractivity contribution in [2.24, 2.45) is 5.92 Å². The Bertz CT molecular complexity index is 794. The number of carboxylic acid groups (broad SMARTS) is 1. The molecule has 1 heterocycles. The Morgan fingerprint density at radius 1 is 1.13 bits per heavy atom. The van der Waals surface area contributed by atoms with Crippen LogP contribution in [0.15, 0.2) is 12.1 Å². The second-order valence-electron chi connectivity index (χ2n) is 9.68. The third-order valence-corrected chi connectivity index (χ3v) is 6.05. The van der Waals surface area contributed by atoms with E-state index < -0.39 is 24.2 Å². The van der Waals surface area contributed by atoms with Crippen LogP contribution in [0.5, 0.6) is 11.5 Å². The summed E-state index contributed by atoms with van der Waals surface area (Å²) in [4.78, 5) is 28.1. The van der Waals surface area contributed by atoms with Crippen LogP contribution < -0.4 is 0 Å². The highest BCUT2D eigenvalue weighted by Crippen LogP contribution is 2.33. The van der Waals surface area contributed by atoms with Crippen LogP contribution in [-0.4, -0.2) is 79.9 Å². The van der Waals surface area contributed by atoms with Gasteiger partial charge in [-0.2, -0.15) is 0 Å². The number of aliphatic carboxylic acids is 1. The minimum atomic E-state index is -1.05. The molecule has 4 N–H and O–H groups in total. The fourth-order valence-corrected chi connectivity index (χ4v) is 4.17. The van der Waals surface area contributed by atoms with Crippen LogP contribution >= 0.6 is 0 Å². The molecule has 174 valence electrons. The summed E-state index contributed by atoms with van der Waals surface area (Å²) in [6, 6.07) is 1.81. The summed E-state index contributed by atoms with van der Waals surface area (Å²) in [7, 11) is 0. The van der Waals surface area contributed by atoms with Crippen molar-refractivity contribution in [1.29, 1.82) is 0 Å². The van der Waals surface area contributed by atoms with Crippen molar-refractivity contribution in [1.82, 2.24) is 9.80 Å². The lowest BCUT2D eigenvalue weighted by Crippen LogP contribution is -2.55. The lowest BCUT2D eigenvalue weighted by Gasteiger charge is -2.43. The first-order valence-electron chi connectivity index (χ1n) is 10.8. The highest BCUT2D eigenvalue weighted by atomic mass is 16.4. The second kappa shape index (κ2) is 9.87. The SMILES string of the molecule is CC(C)c1cc(C(=O)N2CCC(CN(C(CO)C(=O)O)C(C)(C)C)CC2)c(O)cc1O. The van der Waals surface area contributed by atoms with Gasteiger partial charge in [0, 0.05) is 31.2 Å². The van der Waals surface area contributed by atoms with E-state index >= 15 is 0 Å². The quantitative estimate of drug-likeness (QED) is 0.518. The smallest absolute Gasteiger partial charge is 0.323 e. The number of aliphatic hydroxyl groups excluding tert-OH is 1. The lowest BCUT2D eigenvalue weighted by molar-refractivity contribution is -0.148. The molecule has 1 atom stereocenters. The van der Waals surface area contributed by atoms with Gasteiger partial charge in [0.25, 0.3) is 5.91 Å². The number of likely N-dealkylation sites (tertiary alicyclic amines) is 1. The van der Waals surface area contributed by atoms with Gasteiger partial charge in [-0.25, -0.2) is 0 Å². The van der Waals surface area contributed by atoms with E-state index in [1.807, 2.05) is 39.5 Å². The van der Waals surface area contributed by atoms with E-state index in [1.54, 1.807) is 11.0 Å².